The Morgan fingerprint density at radius 3 is 2.67 bits per heavy atom. The van der Waals surface area contributed by atoms with E-state index in [9.17, 15) is 4.79 Å². The normalized spacial score (nSPS) is 18.4. The predicted molar refractivity (Wildman–Crippen MR) is 122 cm³/mol. The van der Waals surface area contributed by atoms with E-state index < -0.39 is 0 Å². The lowest BCUT2D eigenvalue weighted by molar-refractivity contribution is -0.113. The quantitative estimate of drug-likeness (QED) is 0.604. The number of fused-ring (bicyclic) bond motifs is 2. The number of amides is 1. The maximum Gasteiger partial charge on any atom is 0.260 e. The number of nitrogens with zero attached hydrogens (tertiary/aromatic N) is 3. The van der Waals surface area contributed by atoms with Crippen LogP contribution in [0.3, 0.4) is 0 Å². The average molecular weight is 402 g/mol. The number of likely N-dealkylation sites (tertiary alicyclic amines) is 1. The van der Waals surface area contributed by atoms with Crippen molar-refractivity contribution in [3.8, 4) is 5.75 Å². The first-order valence-corrected chi connectivity index (χ1v) is 10.6. The van der Waals surface area contributed by atoms with Crippen molar-refractivity contribution in [1.29, 1.82) is 0 Å². The maximum absolute atomic E-state index is 13.5. The Morgan fingerprint density at radius 1 is 1.07 bits per heavy atom. The van der Waals surface area contributed by atoms with Gasteiger partial charge >= 0.3 is 0 Å². The third-order valence-electron chi connectivity index (χ3n) is 6.28. The molecule has 0 atom stereocenters. The summed E-state index contributed by atoms with van der Waals surface area (Å²) in [5.74, 6) is 0.921. The number of hydrogen-bond donors (Lipinski definition) is 0. The van der Waals surface area contributed by atoms with Crippen molar-refractivity contribution < 1.29 is 9.53 Å². The van der Waals surface area contributed by atoms with Crippen LogP contribution in [0.4, 0.5) is 5.69 Å². The van der Waals surface area contributed by atoms with Crippen LogP contribution in [0.1, 0.15) is 30.4 Å². The maximum atomic E-state index is 13.5. The zero-order chi connectivity index (χ0) is 20.7. The number of aromatic nitrogens is 1. The summed E-state index contributed by atoms with van der Waals surface area (Å²) in [6, 6.07) is 14.2. The van der Waals surface area contributed by atoms with Crippen LogP contribution in [0.15, 0.2) is 48.7 Å². The molecule has 2 aliphatic rings. The van der Waals surface area contributed by atoms with Crippen molar-refractivity contribution in [3.63, 3.8) is 0 Å². The van der Waals surface area contributed by atoms with Gasteiger partial charge in [0.1, 0.15) is 5.75 Å². The number of benzene rings is 2. The molecule has 1 saturated heterocycles. The molecule has 0 radical (unpaired) electrons. The average Bonchev–Trinajstić information content (AvgIpc) is 3.23. The first kappa shape index (κ1) is 18.9. The first-order valence-electron chi connectivity index (χ1n) is 10.6. The first-order chi connectivity index (χ1) is 14.7. The summed E-state index contributed by atoms with van der Waals surface area (Å²) in [6.45, 7) is 2.80. The van der Waals surface area contributed by atoms with E-state index >= 15 is 0 Å². The van der Waals surface area contributed by atoms with Crippen molar-refractivity contribution in [2.75, 3.05) is 31.8 Å². The number of ether oxygens (including phenoxy) is 1. The lowest BCUT2D eigenvalue weighted by Gasteiger charge is -2.30. The van der Waals surface area contributed by atoms with Gasteiger partial charge in [-0.3, -0.25) is 14.6 Å². The largest absolute Gasteiger partial charge is 0.497 e. The molecule has 5 heteroatoms. The van der Waals surface area contributed by atoms with Gasteiger partial charge in [0.25, 0.3) is 5.91 Å². The number of rotatable bonds is 4. The van der Waals surface area contributed by atoms with Crippen molar-refractivity contribution in [3.05, 3.63) is 59.8 Å². The number of para-hydroxylation sites is 1. The third kappa shape index (κ3) is 3.19. The zero-order valence-corrected chi connectivity index (χ0v) is 17.6. The van der Waals surface area contributed by atoms with Crippen molar-refractivity contribution >= 4 is 34.1 Å². The third-order valence-corrected chi connectivity index (χ3v) is 6.28. The van der Waals surface area contributed by atoms with Crippen LogP contribution in [0, 0.1) is 0 Å². The molecule has 0 unspecified atom stereocenters. The summed E-state index contributed by atoms with van der Waals surface area (Å²) in [4.78, 5) is 17.8. The number of carbonyl (C=O) groups is 1. The number of hydrogen-bond acceptors (Lipinski definition) is 3. The molecule has 0 aliphatic carbocycles. The smallest absolute Gasteiger partial charge is 0.260 e. The van der Waals surface area contributed by atoms with Crippen LogP contribution in [-0.2, 0) is 11.8 Å². The highest BCUT2D eigenvalue weighted by Crippen LogP contribution is 2.39. The molecular weight excluding hydrogens is 374 g/mol. The number of aryl methyl sites for hydroxylation is 1. The lowest BCUT2D eigenvalue weighted by atomic mass is 10.0. The van der Waals surface area contributed by atoms with Crippen molar-refractivity contribution in [2.24, 2.45) is 7.05 Å². The summed E-state index contributed by atoms with van der Waals surface area (Å²) in [7, 11) is 3.70. The Balaban J connectivity index is 1.55. The van der Waals surface area contributed by atoms with E-state index in [4.69, 9.17) is 4.74 Å². The number of anilines is 1. The van der Waals surface area contributed by atoms with Gasteiger partial charge < -0.3 is 9.30 Å². The van der Waals surface area contributed by atoms with Gasteiger partial charge in [-0.1, -0.05) is 24.6 Å². The molecule has 5 nitrogen and oxygen atoms in total. The van der Waals surface area contributed by atoms with Gasteiger partial charge in [0.15, 0.2) is 0 Å². The minimum atomic E-state index is 0.0901. The molecular formula is C25H27N3O2. The van der Waals surface area contributed by atoms with Crippen LogP contribution < -0.4 is 9.64 Å². The molecule has 30 heavy (non-hydrogen) atoms. The fraction of sp³-hybridized carbons (Fsp3) is 0.320. The summed E-state index contributed by atoms with van der Waals surface area (Å²) in [5.41, 5.74) is 4.94. The summed E-state index contributed by atoms with van der Waals surface area (Å²) in [5, 5.41) is 1.12. The molecule has 0 bridgehead atoms. The minimum absolute atomic E-state index is 0.0901. The second-order valence-corrected chi connectivity index (χ2v) is 8.21. The molecule has 5 rings (SSSR count). The molecule has 1 fully saturated rings. The van der Waals surface area contributed by atoms with E-state index in [1.165, 1.54) is 19.3 Å². The SMILES string of the molecule is COc1ccc2c(/C=C3\C(=O)N(CN4CCCCC4)c4ccccc43)cn(C)c2c1. The molecule has 154 valence electrons. The highest BCUT2D eigenvalue weighted by atomic mass is 16.5. The van der Waals surface area contributed by atoms with Crippen LogP contribution in [0.25, 0.3) is 22.6 Å². The Bertz CT molecular complexity index is 1140. The van der Waals surface area contributed by atoms with Gasteiger partial charge in [-0.25, -0.2) is 0 Å². The second-order valence-electron chi connectivity index (χ2n) is 8.21. The van der Waals surface area contributed by atoms with Gasteiger partial charge in [-0.05, 0) is 50.2 Å². The van der Waals surface area contributed by atoms with E-state index in [1.807, 2.05) is 42.3 Å². The molecule has 0 spiro atoms. The van der Waals surface area contributed by atoms with Crippen molar-refractivity contribution in [2.45, 2.75) is 19.3 Å². The fourth-order valence-electron chi connectivity index (χ4n) is 4.68. The van der Waals surface area contributed by atoms with E-state index in [-0.39, 0.29) is 5.91 Å². The highest BCUT2D eigenvalue weighted by molar-refractivity contribution is 6.36. The van der Waals surface area contributed by atoms with Crippen LogP contribution in [0.2, 0.25) is 0 Å². The fourth-order valence-corrected chi connectivity index (χ4v) is 4.68. The number of piperidine rings is 1. The Morgan fingerprint density at radius 2 is 1.87 bits per heavy atom. The lowest BCUT2D eigenvalue weighted by Crippen LogP contribution is -2.42. The summed E-state index contributed by atoms with van der Waals surface area (Å²) >= 11 is 0. The Hall–Kier alpha value is -3.05. The highest BCUT2D eigenvalue weighted by Gasteiger charge is 2.33. The second kappa shape index (κ2) is 7.65. The summed E-state index contributed by atoms with van der Waals surface area (Å²) < 4.78 is 7.46. The van der Waals surface area contributed by atoms with Gasteiger partial charge in [0.2, 0.25) is 0 Å². The molecule has 2 aromatic carbocycles. The van der Waals surface area contributed by atoms with E-state index in [0.29, 0.717) is 6.67 Å². The topological polar surface area (TPSA) is 37.7 Å². The van der Waals surface area contributed by atoms with Crippen LogP contribution >= 0.6 is 0 Å². The van der Waals surface area contributed by atoms with E-state index in [0.717, 1.165) is 52.1 Å². The minimum Gasteiger partial charge on any atom is -0.497 e. The molecule has 2 aliphatic heterocycles. The molecule has 0 N–H and O–H groups in total. The van der Waals surface area contributed by atoms with E-state index in [2.05, 4.69) is 33.9 Å². The molecule has 0 saturated carbocycles. The Kier molecular flexibility index (Phi) is 4.83. The Labute approximate surface area is 177 Å². The van der Waals surface area contributed by atoms with Crippen LogP contribution in [0.5, 0.6) is 5.75 Å². The van der Waals surface area contributed by atoms with Gasteiger partial charge in [-0.2, -0.15) is 0 Å². The molecule has 1 aromatic heterocycles. The van der Waals surface area contributed by atoms with Crippen LogP contribution in [-0.4, -0.2) is 42.2 Å². The van der Waals surface area contributed by atoms with Gasteiger partial charge in [0.05, 0.1) is 25.0 Å². The zero-order valence-electron chi connectivity index (χ0n) is 17.6. The van der Waals surface area contributed by atoms with Gasteiger partial charge in [0, 0.05) is 41.4 Å². The van der Waals surface area contributed by atoms with Gasteiger partial charge in [-0.15, -0.1) is 0 Å². The standard InChI is InChI=1S/C25H27N3O2/c1-26-16-18(20-11-10-19(30-2)15-24(20)26)14-22-21-8-4-5-9-23(21)28(25(22)29)17-27-12-6-3-7-13-27/h4-5,8-11,14-16H,3,6-7,12-13,17H2,1-2H3/b22-14-. The van der Waals surface area contributed by atoms with E-state index in [1.54, 1.807) is 7.11 Å². The molecule has 3 heterocycles. The van der Waals surface area contributed by atoms with Crippen molar-refractivity contribution in [1.82, 2.24) is 9.47 Å². The number of carbonyl (C=O) groups excluding carboxylic acids is 1. The summed E-state index contributed by atoms with van der Waals surface area (Å²) in [6.07, 6.45) is 7.85. The number of methoxy groups -OCH3 is 1. The predicted octanol–water partition coefficient (Wildman–Crippen LogP) is 4.52. The molecule has 1 amide bonds. The monoisotopic (exact) mass is 401 g/mol. The molecule has 3 aromatic rings.